The lowest BCUT2D eigenvalue weighted by molar-refractivity contribution is -0.133. The van der Waals surface area contributed by atoms with Crippen molar-refractivity contribution < 1.29 is 28.2 Å². The molecule has 0 amide bonds. The second-order valence-corrected chi connectivity index (χ2v) is 7.26. The van der Waals surface area contributed by atoms with E-state index in [9.17, 15) is 9.18 Å². The zero-order valence-electron chi connectivity index (χ0n) is 17.3. The minimum Gasteiger partial charge on any atom is -0.503 e. The molecule has 1 fully saturated rings. The Morgan fingerprint density at radius 1 is 1.19 bits per heavy atom. The first-order valence-corrected chi connectivity index (χ1v) is 10.1. The van der Waals surface area contributed by atoms with Crippen molar-refractivity contribution in [3.8, 4) is 0 Å². The number of esters is 1. The van der Waals surface area contributed by atoms with Gasteiger partial charge in [-0.15, -0.1) is 0 Å². The second kappa shape index (κ2) is 10.9. The third-order valence-electron chi connectivity index (χ3n) is 4.59. The Labute approximate surface area is 185 Å². The van der Waals surface area contributed by atoms with Gasteiger partial charge in [0, 0.05) is 21.7 Å². The summed E-state index contributed by atoms with van der Waals surface area (Å²) in [6, 6.07) is 11.1. The average Bonchev–Trinajstić information content (AvgIpc) is 3.60. The van der Waals surface area contributed by atoms with Crippen molar-refractivity contribution in [1.82, 2.24) is 0 Å². The van der Waals surface area contributed by atoms with Crippen LogP contribution in [0.1, 0.15) is 29.5 Å². The number of methoxy groups -OCH3 is 2. The van der Waals surface area contributed by atoms with Crippen molar-refractivity contribution in [2.45, 2.75) is 25.6 Å². The third-order valence-corrected chi connectivity index (χ3v) is 4.95. The van der Waals surface area contributed by atoms with E-state index in [0.717, 1.165) is 12.8 Å². The molecule has 0 spiro atoms. The van der Waals surface area contributed by atoms with Gasteiger partial charge < -0.3 is 19.0 Å². The van der Waals surface area contributed by atoms with Crippen LogP contribution in [-0.2, 0) is 30.4 Å². The maximum absolute atomic E-state index is 13.3. The number of carbonyl (C=O) groups is 1. The highest BCUT2D eigenvalue weighted by Gasteiger charge is 2.23. The van der Waals surface area contributed by atoms with Gasteiger partial charge in [-0.25, -0.2) is 9.18 Å². The van der Waals surface area contributed by atoms with Crippen LogP contribution in [0.25, 0.3) is 5.57 Å². The predicted molar refractivity (Wildman–Crippen MR) is 115 cm³/mol. The summed E-state index contributed by atoms with van der Waals surface area (Å²) in [7, 11) is 2.72. The summed E-state index contributed by atoms with van der Waals surface area (Å²) in [5.41, 5.74) is 2.47. The molecule has 0 bridgehead atoms. The standard InChI is InChI=1S/C23H23ClFNO5/c1-28-12-20(23(27)29-2)18-4-3-5-21(24)19(18)13-31-26-22(14-30-17-10-11-17)15-6-8-16(25)9-7-15/h3-9,12,17H,10-11,13-14H2,1-2H3/b20-12+,26-22+. The van der Waals surface area contributed by atoms with Gasteiger partial charge in [0.1, 0.15) is 23.7 Å². The monoisotopic (exact) mass is 447 g/mol. The van der Waals surface area contributed by atoms with Crippen LogP contribution in [0.4, 0.5) is 4.39 Å². The number of hydrogen-bond donors (Lipinski definition) is 0. The van der Waals surface area contributed by atoms with E-state index in [1.54, 1.807) is 30.3 Å². The van der Waals surface area contributed by atoms with Crippen LogP contribution in [0.2, 0.25) is 5.02 Å². The molecular weight excluding hydrogens is 425 g/mol. The average molecular weight is 448 g/mol. The van der Waals surface area contributed by atoms with E-state index in [0.29, 0.717) is 27.4 Å². The minimum absolute atomic E-state index is 0.0127. The summed E-state index contributed by atoms with van der Waals surface area (Å²) in [5, 5.41) is 4.61. The maximum Gasteiger partial charge on any atom is 0.341 e. The highest BCUT2D eigenvalue weighted by molar-refractivity contribution is 6.32. The fourth-order valence-electron chi connectivity index (χ4n) is 2.82. The zero-order chi connectivity index (χ0) is 22.2. The summed E-state index contributed by atoms with van der Waals surface area (Å²) < 4.78 is 28.9. The first kappa shape index (κ1) is 22.8. The molecule has 164 valence electrons. The van der Waals surface area contributed by atoms with Gasteiger partial charge in [0.05, 0.1) is 33.2 Å². The van der Waals surface area contributed by atoms with E-state index in [4.69, 9.17) is 30.6 Å². The normalized spacial score (nSPS) is 14.3. The van der Waals surface area contributed by atoms with Gasteiger partial charge in [0.15, 0.2) is 0 Å². The van der Waals surface area contributed by atoms with Crippen LogP contribution >= 0.6 is 11.6 Å². The van der Waals surface area contributed by atoms with Crippen molar-refractivity contribution in [2.24, 2.45) is 5.16 Å². The number of hydrogen-bond acceptors (Lipinski definition) is 6. The molecule has 0 aromatic heterocycles. The van der Waals surface area contributed by atoms with Gasteiger partial charge in [-0.3, -0.25) is 0 Å². The fraction of sp³-hybridized carbons (Fsp3) is 0.304. The molecule has 0 saturated heterocycles. The molecule has 8 heteroatoms. The SMILES string of the molecule is CO/C=C(/C(=O)OC)c1cccc(Cl)c1CO/N=C(\COC1CC1)c1ccc(F)cc1. The lowest BCUT2D eigenvalue weighted by Gasteiger charge is -2.13. The van der Waals surface area contributed by atoms with Crippen LogP contribution < -0.4 is 0 Å². The third kappa shape index (κ3) is 6.29. The molecule has 31 heavy (non-hydrogen) atoms. The Morgan fingerprint density at radius 3 is 2.58 bits per heavy atom. The molecule has 0 radical (unpaired) electrons. The topological polar surface area (TPSA) is 66.4 Å². The fourth-order valence-corrected chi connectivity index (χ4v) is 3.05. The minimum atomic E-state index is -0.571. The van der Waals surface area contributed by atoms with Crippen LogP contribution in [0.3, 0.4) is 0 Å². The maximum atomic E-state index is 13.3. The summed E-state index contributed by atoms with van der Waals surface area (Å²) >= 11 is 6.37. The van der Waals surface area contributed by atoms with Crippen molar-refractivity contribution in [2.75, 3.05) is 20.8 Å². The molecule has 6 nitrogen and oxygen atoms in total. The molecule has 0 atom stereocenters. The number of carbonyl (C=O) groups excluding carboxylic acids is 1. The van der Waals surface area contributed by atoms with Gasteiger partial charge in [-0.05, 0) is 31.0 Å². The summed E-state index contributed by atoms with van der Waals surface area (Å²) in [4.78, 5) is 17.8. The van der Waals surface area contributed by atoms with Crippen LogP contribution in [-0.4, -0.2) is 38.6 Å². The molecule has 0 heterocycles. The summed E-state index contributed by atoms with van der Waals surface area (Å²) in [6.45, 7) is 0.226. The quantitative estimate of drug-likeness (QED) is 0.173. The number of oxime groups is 1. The lowest BCUT2D eigenvalue weighted by atomic mass is 10.0. The number of halogens is 2. The van der Waals surface area contributed by atoms with Gasteiger partial charge in [-0.1, -0.05) is 41.0 Å². The predicted octanol–water partition coefficient (Wildman–Crippen LogP) is 4.74. The second-order valence-electron chi connectivity index (χ2n) is 6.85. The van der Waals surface area contributed by atoms with E-state index in [1.165, 1.54) is 32.6 Å². The van der Waals surface area contributed by atoms with Crippen LogP contribution in [0, 0.1) is 5.82 Å². The molecular formula is C23H23ClFNO5. The largest absolute Gasteiger partial charge is 0.503 e. The zero-order valence-corrected chi connectivity index (χ0v) is 18.0. The van der Waals surface area contributed by atoms with Crippen LogP contribution in [0.5, 0.6) is 0 Å². The van der Waals surface area contributed by atoms with Gasteiger partial charge >= 0.3 is 5.97 Å². The molecule has 1 aliphatic carbocycles. The summed E-state index contributed by atoms with van der Waals surface area (Å²) in [5.74, 6) is -0.910. The molecule has 1 saturated carbocycles. The van der Waals surface area contributed by atoms with Gasteiger partial charge in [0.2, 0.25) is 0 Å². The molecule has 0 unspecified atom stereocenters. The van der Waals surface area contributed by atoms with E-state index >= 15 is 0 Å². The molecule has 2 aromatic rings. The van der Waals surface area contributed by atoms with E-state index in [2.05, 4.69) is 5.16 Å². The van der Waals surface area contributed by atoms with Crippen molar-refractivity contribution in [1.29, 1.82) is 0 Å². The van der Waals surface area contributed by atoms with Crippen molar-refractivity contribution in [3.05, 3.63) is 76.3 Å². The van der Waals surface area contributed by atoms with Crippen molar-refractivity contribution >= 4 is 28.9 Å². The van der Waals surface area contributed by atoms with Crippen LogP contribution in [0.15, 0.2) is 53.9 Å². The van der Waals surface area contributed by atoms with E-state index in [1.807, 2.05) is 0 Å². The first-order valence-electron chi connectivity index (χ1n) is 9.69. The Morgan fingerprint density at radius 2 is 1.94 bits per heavy atom. The van der Waals surface area contributed by atoms with E-state index in [-0.39, 0.29) is 30.7 Å². The molecule has 2 aromatic carbocycles. The van der Waals surface area contributed by atoms with Gasteiger partial charge in [-0.2, -0.15) is 0 Å². The highest BCUT2D eigenvalue weighted by atomic mass is 35.5. The Bertz CT molecular complexity index is 970. The Hall–Kier alpha value is -2.90. The molecule has 3 rings (SSSR count). The first-order chi connectivity index (χ1) is 15.0. The Kier molecular flexibility index (Phi) is 8.03. The van der Waals surface area contributed by atoms with Crippen molar-refractivity contribution in [3.63, 3.8) is 0 Å². The number of nitrogens with zero attached hydrogens (tertiary/aromatic N) is 1. The smallest absolute Gasteiger partial charge is 0.341 e. The Balaban J connectivity index is 1.83. The lowest BCUT2D eigenvalue weighted by Crippen LogP contribution is -2.13. The number of benzene rings is 2. The van der Waals surface area contributed by atoms with E-state index < -0.39 is 5.97 Å². The molecule has 0 aliphatic heterocycles. The van der Waals surface area contributed by atoms with Gasteiger partial charge in [0.25, 0.3) is 0 Å². The molecule has 1 aliphatic rings. The number of ether oxygens (including phenoxy) is 3. The molecule has 0 N–H and O–H groups in total. The highest BCUT2D eigenvalue weighted by Crippen LogP contribution is 2.28. The number of rotatable bonds is 10. The summed E-state index contributed by atoms with van der Waals surface area (Å²) in [6.07, 6.45) is 3.55.